The van der Waals surface area contributed by atoms with E-state index in [1.54, 1.807) is 20.8 Å². The second-order valence-electron chi connectivity index (χ2n) is 4.96. The van der Waals surface area contributed by atoms with E-state index in [1.165, 1.54) is 18.2 Å². The van der Waals surface area contributed by atoms with Crippen molar-refractivity contribution in [1.82, 2.24) is 0 Å². The Morgan fingerprint density at radius 2 is 1.85 bits per heavy atom. The van der Waals surface area contributed by atoms with Crippen LogP contribution in [0, 0.1) is 0 Å². The normalized spacial score (nSPS) is 10.8. The van der Waals surface area contributed by atoms with E-state index in [2.05, 4.69) is 21.2 Å². The summed E-state index contributed by atoms with van der Waals surface area (Å²) in [6.45, 7) is 5.14. The summed E-state index contributed by atoms with van der Waals surface area (Å²) in [6, 6.07) is 4.09. The number of amides is 1. The van der Waals surface area contributed by atoms with E-state index in [1.807, 2.05) is 0 Å². The second-order valence-corrected chi connectivity index (χ2v) is 5.81. The Bertz CT molecular complexity index is 562. The topological polar surface area (TPSA) is 92.7 Å². The van der Waals surface area contributed by atoms with Gasteiger partial charge in [0.15, 0.2) is 0 Å². The largest absolute Gasteiger partial charge is 0.475 e. The van der Waals surface area contributed by atoms with E-state index in [4.69, 9.17) is 9.84 Å². The summed E-state index contributed by atoms with van der Waals surface area (Å²) in [4.78, 5) is 33.6. The van der Waals surface area contributed by atoms with Gasteiger partial charge in [0.1, 0.15) is 5.60 Å². The molecule has 1 aromatic rings. The molecular formula is C13H14BrNO5. The lowest BCUT2D eigenvalue weighted by molar-refractivity contribution is -0.131. The van der Waals surface area contributed by atoms with E-state index < -0.39 is 23.4 Å². The zero-order valence-corrected chi connectivity index (χ0v) is 12.8. The lowest BCUT2D eigenvalue weighted by atomic mass is 10.1. The summed E-state index contributed by atoms with van der Waals surface area (Å²) >= 11 is 3.20. The molecule has 2 N–H and O–H groups in total. The van der Waals surface area contributed by atoms with Gasteiger partial charge in [-0.3, -0.25) is 10.1 Å². The fraction of sp³-hybridized carbons (Fsp3) is 0.308. The number of carboxylic acid groups (broad SMARTS) is 1. The number of rotatable bonds is 3. The molecule has 0 aliphatic heterocycles. The fourth-order valence-corrected chi connectivity index (χ4v) is 1.65. The second kappa shape index (κ2) is 6.04. The number of aliphatic carboxylic acids is 1. The number of ether oxygens (including phenoxy) is 1. The summed E-state index contributed by atoms with van der Waals surface area (Å²) in [5.41, 5.74) is -0.441. The lowest BCUT2D eigenvalue weighted by Gasteiger charge is -2.20. The van der Waals surface area contributed by atoms with Crippen LogP contribution in [0.4, 0.5) is 10.5 Å². The first-order chi connectivity index (χ1) is 9.10. The smallest absolute Gasteiger partial charge is 0.412 e. The zero-order chi connectivity index (χ0) is 15.5. The molecule has 1 rings (SSSR count). The van der Waals surface area contributed by atoms with Crippen LogP contribution in [0.25, 0.3) is 0 Å². The first-order valence-electron chi connectivity index (χ1n) is 5.67. The standard InChI is InChI=1S/C13H14BrNO5/c1-13(2,3)20-12(19)15-9-6-7(4-5-8(9)14)10(16)11(17)18/h4-6H,1-3H3,(H,15,19)(H,17,18). The van der Waals surface area contributed by atoms with Crippen molar-refractivity contribution in [1.29, 1.82) is 0 Å². The van der Waals surface area contributed by atoms with Crippen LogP contribution in [0.3, 0.4) is 0 Å². The third-order valence-electron chi connectivity index (χ3n) is 2.06. The van der Waals surface area contributed by atoms with Crippen molar-refractivity contribution in [2.75, 3.05) is 5.32 Å². The van der Waals surface area contributed by atoms with E-state index in [0.29, 0.717) is 4.47 Å². The van der Waals surface area contributed by atoms with Gasteiger partial charge in [-0.15, -0.1) is 0 Å². The van der Waals surface area contributed by atoms with Crippen LogP contribution >= 0.6 is 15.9 Å². The molecule has 1 aromatic carbocycles. The molecule has 0 radical (unpaired) electrons. The van der Waals surface area contributed by atoms with Crippen LogP contribution < -0.4 is 5.32 Å². The van der Waals surface area contributed by atoms with E-state index in [0.717, 1.165) is 0 Å². The Morgan fingerprint density at radius 1 is 1.25 bits per heavy atom. The SMILES string of the molecule is CC(C)(C)OC(=O)Nc1cc(C(=O)C(=O)O)ccc1Br. The third kappa shape index (κ3) is 4.65. The van der Waals surface area contributed by atoms with Crippen molar-refractivity contribution < 1.29 is 24.2 Å². The van der Waals surface area contributed by atoms with Gasteiger partial charge in [0, 0.05) is 10.0 Å². The molecule has 0 spiro atoms. The number of halogens is 1. The Kier molecular flexibility index (Phi) is 4.88. The Balaban J connectivity index is 2.95. The van der Waals surface area contributed by atoms with Crippen LogP contribution in [0.2, 0.25) is 0 Å². The molecule has 0 aromatic heterocycles. The van der Waals surface area contributed by atoms with E-state index in [9.17, 15) is 14.4 Å². The number of ketones is 1. The van der Waals surface area contributed by atoms with Gasteiger partial charge < -0.3 is 9.84 Å². The van der Waals surface area contributed by atoms with Gasteiger partial charge in [0.2, 0.25) is 0 Å². The maximum Gasteiger partial charge on any atom is 0.412 e. The number of carbonyl (C=O) groups excluding carboxylic acids is 2. The summed E-state index contributed by atoms with van der Waals surface area (Å²) in [5.74, 6) is -2.61. The Morgan fingerprint density at radius 3 is 2.35 bits per heavy atom. The summed E-state index contributed by atoms with van der Waals surface area (Å²) in [6.07, 6.45) is -0.696. The number of hydrogen-bond donors (Lipinski definition) is 2. The highest BCUT2D eigenvalue weighted by Crippen LogP contribution is 2.24. The van der Waals surface area contributed by atoms with Gasteiger partial charge in [0.25, 0.3) is 5.78 Å². The molecule has 7 heteroatoms. The molecule has 20 heavy (non-hydrogen) atoms. The molecule has 0 saturated heterocycles. The minimum Gasteiger partial charge on any atom is -0.475 e. The molecule has 0 heterocycles. The molecule has 1 amide bonds. The molecule has 0 aliphatic carbocycles. The Hall–Kier alpha value is -1.89. The fourth-order valence-electron chi connectivity index (χ4n) is 1.30. The van der Waals surface area contributed by atoms with Crippen molar-refractivity contribution >= 4 is 39.5 Å². The molecule has 0 aliphatic rings. The highest BCUT2D eigenvalue weighted by Gasteiger charge is 2.19. The highest BCUT2D eigenvalue weighted by molar-refractivity contribution is 9.10. The summed E-state index contributed by atoms with van der Waals surface area (Å²) in [5, 5.41) is 11.1. The van der Waals surface area contributed by atoms with Crippen LogP contribution in [0.5, 0.6) is 0 Å². The molecule has 6 nitrogen and oxygen atoms in total. The molecule has 0 unspecified atom stereocenters. The molecule has 108 valence electrons. The molecular weight excluding hydrogens is 330 g/mol. The number of hydrogen-bond acceptors (Lipinski definition) is 4. The number of carbonyl (C=O) groups is 3. The van der Waals surface area contributed by atoms with Gasteiger partial charge in [0.05, 0.1) is 5.69 Å². The van der Waals surface area contributed by atoms with Gasteiger partial charge >= 0.3 is 12.1 Å². The molecule has 0 saturated carbocycles. The Labute approximate surface area is 124 Å². The quantitative estimate of drug-likeness (QED) is 0.649. The highest BCUT2D eigenvalue weighted by atomic mass is 79.9. The lowest BCUT2D eigenvalue weighted by Crippen LogP contribution is -2.27. The van der Waals surface area contributed by atoms with Crippen molar-refractivity contribution in [3.05, 3.63) is 28.2 Å². The van der Waals surface area contributed by atoms with E-state index >= 15 is 0 Å². The summed E-state index contributed by atoms with van der Waals surface area (Å²) in [7, 11) is 0. The van der Waals surface area contributed by atoms with E-state index in [-0.39, 0.29) is 11.3 Å². The van der Waals surface area contributed by atoms with Crippen LogP contribution in [0.15, 0.2) is 22.7 Å². The van der Waals surface area contributed by atoms with Crippen molar-refractivity contribution in [3.8, 4) is 0 Å². The monoisotopic (exact) mass is 343 g/mol. The van der Waals surface area contributed by atoms with Crippen molar-refractivity contribution in [2.24, 2.45) is 0 Å². The average molecular weight is 344 g/mol. The third-order valence-corrected chi connectivity index (χ3v) is 2.75. The predicted molar refractivity (Wildman–Crippen MR) is 76.0 cm³/mol. The number of benzene rings is 1. The zero-order valence-electron chi connectivity index (χ0n) is 11.2. The maximum absolute atomic E-state index is 11.6. The molecule has 0 atom stereocenters. The van der Waals surface area contributed by atoms with Gasteiger partial charge in [-0.05, 0) is 54.9 Å². The number of nitrogens with one attached hydrogen (secondary N) is 1. The van der Waals surface area contributed by atoms with Crippen LogP contribution in [0.1, 0.15) is 31.1 Å². The average Bonchev–Trinajstić information content (AvgIpc) is 2.28. The predicted octanol–water partition coefficient (Wildman–Crippen LogP) is 3.06. The van der Waals surface area contributed by atoms with Crippen molar-refractivity contribution in [2.45, 2.75) is 26.4 Å². The summed E-state index contributed by atoms with van der Waals surface area (Å²) < 4.78 is 5.58. The van der Waals surface area contributed by atoms with Crippen molar-refractivity contribution in [3.63, 3.8) is 0 Å². The first kappa shape index (κ1) is 16.2. The molecule has 0 bridgehead atoms. The number of anilines is 1. The van der Waals surface area contributed by atoms with Gasteiger partial charge in [-0.1, -0.05) is 0 Å². The maximum atomic E-state index is 11.6. The molecule has 0 fully saturated rings. The number of Topliss-reactive ketones (excluding diaryl/α,β-unsaturated/α-hetero) is 1. The number of carboxylic acids is 1. The van der Waals surface area contributed by atoms with Gasteiger partial charge in [-0.25, -0.2) is 9.59 Å². The van der Waals surface area contributed by atoms with Gasteiger partial charge in [-0.2, -0.15) is 0 Å². The minimum absolute atomic E-state index is 0.0354. The first-order valence-corrected chi connectivity index (χ1v) is 6.46. The minimum atomic E-state index is -1.56. The van der Waals surface area contributed by atoms with Crippen LogP contribution in [-0.4, -0.2) is 28.6 Å². The van der Waals surface area contributed by atoms with Crippen LogP contribution in [-0.2, 0) is 9.53 Å².